The third kappa shape index (κ3) is 8.47. The molecule has 0 saturated carbocycles. The van der Waals surface area contributed by atoms with E-state index in [0.29, 0.717) is 16.9 Å². The Morgan fingerprint density at radius 3 is 2.17 bits per heavy atom. The van der Waals surface area contributed by atoms with Crippen molar-refractivity contribution in [1.82, 2.24) is 10.7 Å². The molecule has 0 aliphatic carbocycles. The maximum Gasteiger partial charge on any atom is 0.287 e. The minimum absolute atomic E-state index is 0.00853. The fourth-order valence-corrected chi connectivity index (χ4v) is 2.80. The molecule has 0 aromatic heterocycles. The summed E-state index contributed by atoms with van der Waals surface area (Å²) in [6.07, 6.45) is 6.35. The molecule has 3 rings (SSSR count). The summed E-state index contributed by atoms with van der Waals surface area (Å²) < 4.78 is 5.01. The first-order chi connectivity index (χ1) is 17.0. The van der Waals surface area contributed by atoms with Crippen LogP contribution in [0.4, 0.5) is 0 Å². The van der Waals surface area contributed by atoms with Gasteiger partial charge in [-0.15, -0.1) is 0 Å². The number of ether oxygens (including phenoxy) is 1. The van der Waals surface area contributed by atoms with Gasteiger partial charge in [-0.1, -0.05) is 60.7 Å². The quantitative estimate of drug-likeness (QED) is 0.205. The molecule has 8 heteroatoms. The molecule has 0 aliphatic heterocycles. The summed E-state index contributed by atoms with van der Waals surface area (Å²) in [6, 6.07) is 24.4. The number of hydrogen-bond donors (Lipinski definition) is 2. The second-order valence-electron chi connectivity index (χ2n) is 7.10. The average molecular weight is 468 g/mol. The Kier molecular flexibility index (Phi) is 9.09. The maximum absolute atomic E-state index is 12.7. The highest BCUT2D eigenvalue weighted by Gasteiger charge is 2.13. The predicted molar refractivity (Wildman–Crippen MR) is 130 cm³/mol. The molecule has 3 aromatic rings. The summed E-state index contributed by atoms with van der Waals surface area (Å²) in [7, 11) is 0. The van der Waals surface area contributed by atoms with Crippen LogP contribution in [-0.4, -0.2) is 30.6 Å². The Hall–Kier alpha value is -4.98. The molecule has 2 amide bonds. The van der Waals surface area contributed by atoms with E-state index in [9.17, 15) is 19.5 Å². The molecule has 0 fully saturated rings. The van der Waals surface area contributed by atoms with Gasteiger partial charge in [0.1, 0.15) is 18.1 Å². The lowest BCUT2D eigenvalue weighted by Crippen LogP contribution is -2.32. The van der Waals surface area contributed by atoms with Gasteiger partial charge in [0.05, 0.1) is 12.2 Å². The molecule has 3 aromatic carbocycles. The second kappa shape index (κ2) is 12.9. The van der Waals surface area contributed by atoms with Gasteiger partial charge in [-0.05, 0) is 53.6 Å². The molecule has 35 heavy (non-hydrogen) atoms. The van der Waals surface area contributed by atoms with Gasteiger partial charge in [0.25, 0.3) is 11.8 Å². The molecule has 0 heterocycles. The third-order valence-electron chi connectivity index (χ3n) is 4.50. The number of nitrogens with zero attached hydrogens (tertiary/aromatic N) is 1. The number of rotatable bonds is 10. The van der Waals surface area contributed by atoms with Crippen molar-refractivity contribution in [3.8, 4) is 5.75 Å². The summed E-state index contributed by atoms with van der Waals surface area (Å²) in [5, 5.41) is 17.0. The Morgan fingerprint density at radius 2 is 1.51 bits per heavy atom. The van der Waals surface area contributed by atoms with Gasteiger partial charge < -0.3 is 20.0 Å². The summed E-state index contributed by atoms with van der Waals surface area (Å²) in [5.41, 5.74) is 4.37. The molecular weight excluding hydrogens is 446 g/mol. The van der Waals surface area contributed by atoms with E-state index in [4.69, 9.17) is 4.74 Å². The number of benzene rings is 3. The van der Waals surface area contributed by atoms with Crippen LogP contribution in [0.3, 0.4) is 0 Å². The second-order valence-corrected chi connectivity index (χ2v) is 7.10. The van der Waals surface area contributed by atoms with E-state index in [2.05, 4.69) is 15.8 Å². The number of nitrogens with one attached hydrogen (secondary N) is 2. The molecule has 0 spiro atoms. The van der Waals surface area contributed by atoms with Crippen molar-refractivity contribution in [2.45, 2.75) is 0 Å². The van der Waals surface area contributed by atoms with Crippen LogP contribution in [0, 0.1) is 0 Å². The standard InChI is InChI=1S/C27H23N3O5/c31-25(32)19-35-23-16-14-21(15-17-23)18-28-30-27(34)24(13-7-10-20-8-3-1-4-9-20)29-26(33)22-11-5-2-6-12-22/h1-18H,19H2,(H,29,33)(H,30,34)(H,31,32)/p-1/b10-7+,24-13-,28-18-. The molecule has 0 aliphatic rings. The highest BCUT2D eigenvalue weighted by molar-refractivity contribution is 6.03. The van der Waals surface area contributed by atoms with E-state index in [0.717, 1.165) is 5.56 Å². The first kappa shape index (κ1) is 24.7. The van der Waals surface area contributed by atoms with Gasteiger partial charge in [-0.3, -0.25) is 9.59 Å². The Bertz CT molecular complexity index is 1230. The van der Waals surface area contributed by atoms with Gasteiger partial charge in [0, 0.05) is 5.56 Å². The molecule has 0 bridgehead atoms. The minimum Gasteiger partial charge on any atom is -0.546 e. The Balaban J connectivity index is 1.68. The largest absolute Gasteiger partial charge is 0.546 e. The zero-order valence-corrected chi connectivity index (χ0v) is 18.6. The van der Waals surface area contributed by atoms with Gasteiger partial charge in [0.15, 0.2) is 0 Å². The minimum atomic E-state index is -1.32. The molecule has 8 nitrogen and oxygen atoms in total. The SMILES string of the molecule is O=C([O-])COc1ccc(/C=N\NC(=O)/C(=C/C=C/c2ccccc2)NC(=O)c2ccccc2)cc1. The fraction of sp³-hybridized carbons (Fsp3) is 0.0370. The zero-order chi connectivity index (χ0) is 24.9. The lowest BCUT2D eigenvalue weighted by atomic mass is 10.2. The summed E-state index contributed by atoms with van der Waals surface area (Å²) in [6.45, 7) is -0.550. The van der Waals surface area contributed by atoms with E-state index < -0.39 is 24.4 Å². The number of carbonyl (C=O) groups is 3. The van der Waals surface area contributed by atoms with E-state index in [1.54, 1.807) is 66.7 Å². The molecule has 0 radical (unpaired) electrons. The zero-order valence-electron chi connectivity index (χ0n) is 18.6. The van der Waals surface area contributed by atoms with E-state index >= 15 is 0 Å². The highest BCUT2D eigenvalue weighted by atomic mass is 16.5. The summed E-state index contributed by atoms with van der Waals surface area (Å²) >= 11 is 0. The molecule has 0 saturated heterocycles. The van der Waals surface area contributed by atoms with Crippen LogP contribution in [0.15, 0.2) is 108 Å². The molecule has 2 N–H and O–H groups in total. The monoisotopic (exact) mass is 468 g/mol. The van der Waals surface area contributed by atoms with E-state index in [-0.39, 0.29) is 5.70 Å². The van der Waals surface area contributed by atoms with Gasteiger partial charge in [0.2, 0.25) is 0 Å². The van der Waals surface area contributed by atoms with E-state index in [1.165, 1.54) is 12.3 Å². The van der Waals surface area contributed by atoms with Crippen molar-refractivity contribution in [3.05, 3.63) is 119 Å². The van der Waals surface area contributed by atoms with Gasteiger partial charge in [-0.2, -0.15) is 5.10 Å². The number of carboxylic acid groups (broad SMARTS) is 1. The number of amides is 2. The Labute approximate surface area is 202 Å². The van der Waals surface area contributed by atoms with Crippen molar-refractivity contribution < 1.29 is 24.2 Å². The van der Waals surface area contributed by atoms with Crippen molar-refractivity contribution >= 4 is 30.1 Å². The number of hydrazone groups is 1. The van der Waals surface area contributed by atoms with Gasteiger partial charge in [-0.25, -0.2) is 5.43 Å². The van der Waals surface area contributed by atoms with Crippen LogP contribution in [0.5, 0.6) is 5.75 Å². The van der Waals surface area contributed by atoms with Crippen LogP contribution < -0.4 is 20.6 Å². The van der Waals surface area contributed by atoms with Crippen LogP contribution in [-0.2, 0) is 9.59 Å². The predicted octanol–water partition coefficient (Wildman–Crippen LogP) is 2.29. The average Bonchev–Trinajstić information content (AvgIpc) is 2.88. The maximum atomic E-state index is 12.7. The van der Waals surface area contributed by atoms with E-state index in [1.807, 2.05) is 30.3 Å². The highest BCUT2D eigenvalue weighted by Crippen LogP contribution is 2.11. The normalized spacial score (nSPS) is 11.4. The van der Waals surface area contributed by atoms with Gasteiger partial charge >= 0.3 is 0 Å². The fourth-order valence-electron chi connectivity index (χ4n) is 2.80. The van der Waals surface area contributed by atoms with Crippen molar-refractivity contribution in [3.63, 3.8) is 0 Å². The lowest BCUT2D eigenvalue weighted by Gasteiger charge is -2.08. The number of hydrogen-bond acceptors (Lipinski definition) is 6. The summed E-state index contributed by atoms with van der Waals surface area (Å²) in [4.78, 5) is 35.7. The van der Waals surface area contributed by atoms with Crippen LogP contribution in [0.2, 0.25) is 0 Å². The van der Waals surface area contributed by atoms with Crippen LogP contribution in [0.1, 0.15) is 21.5 Å². The number of carboxylic acids is 1. The third-order valence-corrected chi connectivity index (χ3v) is 4.50. The van der Waals surface area contributed by atoms with Crippen LogP contribution >= 0.6 is 0 Å². The smallest absolute Gasteiger partial charge is 0.287 e. The summed E-state index contributed by atoms with van der Waals surface area (Å²) in [5.74, 6) is -2.01. The molecular formula is C27H22N3O5-. The first-order valence-electron chi connectivity index (χ1n) is 10.6. The molecule has 0 unspecified atom stereocenters. The van der Waals surface area contributed by atoms with Crippen molar-refractivity contribution in [1.29, 1.82) is 0 Å². The Morgan fingerprint density at radius 1 is 0.857 bits per heavy atom. The number of aliphatic carboxylic acids is 1. The topological polar surface area (TPSA) is 120 Å². The molecule has 176 valence electrons. The molecule has 0 atom stereocenters. The first-order valence-corrected chi connectivity index (χ1v) is 10.6. The van der Waals surface area contributed by atoms with Crippen molar-refractivity contribution in [2.24, 2.45) is 5.10 Å². The number of carbonyl (C=O) groups excluding carboxylic acids is 3. The van der Waals surface area contributed by atoms with Crippen LogP contribution in [0.25, 0.3) is 6.08 Å². The number of allylic oxidation sites excluding steroid dienone is 2. The van der Waals surface area contributed by atoms with Crippen molar-refractivity contribution in [2.75, 3.05) is 6.61 Å². The lowest BCUT2D eigenvalue weighted by molar-refractivity contribution is -0.307.